The van der Waals surface area contributed by atoms with Gasteiger partial charge in [-0.3, -0.25) is 9.80 Å². The summed E-state index contributed by atoms with van der Waals surface area (Å²) < 4.78 is 11.9. The van der Waals surface area contributed by atoms with Gasteiger partial charge in [0, 0.05) is 36.1 Å². The predicted octanol–water partition coefficient (Wildman–Crippen LogP) is 3.97. The van der Waals surface area contributed by atoms with Crippen molar-refractivity contribution in [1.82, 2.24) is 9.80 Å². The van der Waals surface area contributed by atoms with Crippen molar-refractivity contribution in [3.63, 3.8) is 0 Å². The molecule has 0 atom stereocenters. The number of fused-ring (bicyclic) bond motifs is 4. The van der Waals surface area contributed by atoms with Crippen molar-refractivity contribution < 1.29 is 9.47 Å². The van der Waals surface area contributed by atoms with Gasteiger partial charge in [-0.2, -0.15) is 0 Å². The average molecular weight is 346 g/mol. The maximum absolute atomic E-state index is 5.97. The summed E-state index contributed by atoms with van der Waals surface area (Å²) in [5.41, 5.74) is 3.82. The molecule has 0 unspecified atom stereocenters. The first-order valence-electron chi connectivity index (χ1n) is 9.05. The first-order valence-corrected chi connectivity index (χ1v) is 9.05. The zero-order valence-corrected chi connectivity index (χ0v) is 14.9. The fraction of sp³-hybridized carbons (Fsp3) is 0.273. The summed E-state index contributed by atoms with van der Waals surface area (Å²) in [6.07, 6.45) is 0. The van der Waals surface area contributed by atoms with Crippen molar-refractivity contribution in [2.75, 3.05) is 20.5 Å². The van der Waals surface area contributed by atoms with E-state index in [0.29, 0.717) is 13.5 Å². The average Bonchev–Trinajstić information content (AvgIpc) is 2.67. The summed E-state index contributed by atoms with van der Waals surface area (Å²) >= 11 is 0. The topological polar surface area (TPSA) is 24.9 Å². The molecule has 0 fully saturated rings. The van der Waals surface area contributed by atoms with Crippen molar-refractivity contribution in [2.24, 2.45) is 0 Å². The largest absolute Gasteiger partial charge is 0.478 e. The molecule has 0 spiro atoms. The van der Waals surface area contributed by atoms with Crippen LogP contribution in [0.2, 0.25) is 0 Å². The molecule has 0 radical (unpaired) electrons. The molecule has 0 saturated carbocycles. The maximum atomic E-state index is 5.97. The van der Waals surface area contributed by atoms with Gasteiger partial charge in [0.1, 0.15) is 25.0 Å². The summed E-state index contributed by atoms with van der Waals surface area (Å²) in [5, 5.41) is 2.45. The fourth-order valence-corrected chi connectivity index (χ4v) is 3.88. The van der Waals surface area contributed by atoms with Gasteiger partial charge in [-0.15, -0.1) is 0 Å². The van der Waals surface area contributed by atoms with Gasteiger partial charge in [0.05, 0.1) is 0 Å². The van der Waals surface area contributed by atoms with Crippen LogP contribution in [0.25, 0.3) is 10.8 Å². The molecular weight excluding hydrogens is 324 g/mol. The Hall–Kier alpha value is -2.56. The van der Waals surface area contributed by atoms with Crippen molar-refractivity contribution in [3.05, 3.63) is 71.3 Å². The van der Waals surface area contributed by atoms with Crippen LogP contribution in [0, 0.1) is 0 Å². The molecule has 26 heavy (non-hydrogen) atoms. The molecule has 3 aromatic carbocycles. The van der Waals surface area contributed by atoms with Crippen molar-refractivity contribution in [2.45, 2.75) is 19.6 Å². The van der Waals surface area contributed by atoms with Gasteiger partial charge in [-0.1, -0.05) is 42.5 Å². The molecule has 2 aliphatic heterocycles. The van der Waals surface area contributed by atoms with Crippen LogP contribution in [0.4, 0.5) is 0 Å². The molecule has 0 N–H and O–H groups in total. The minimum atomic E-state index is 0.634. The molecule has 5 rings (SSSR count). The summed E-state index contributed by atoms with van der Waals surface area (Å²) in [6, 6.07) is 19.4. The smallest absolute Gasteiger partial charge is 0.142 e. The van der Waals surface area contributed by atoms with Gasteiger partial charge in [-0.05, 0) is 30.1 Å². The van der Waals surface area contributed by atoms with E-state index in [1.807, 2.05) is 12.1 Å². The summed E-state index contributed by atoms with van der Waals surface area (Å²) in [4.78, 5) is 4.50. The van der Waals surface area contributed by atoms with Crippen LogP contribution >= 0.6 is 0 Å². The monoisotopic (exact) mass is 346 g/mol. The SMILES string of the molecule is CN1COc2c(ccc3cc(CN4COc5ccccc5C4)ccc23)C1. The number of hydrogen-bond acceptors (Lipinski definition) is 4. The number of para-hydroxylation sites is 1. The zero-order chi connectivity index (χ0) is 17.5. The number of nitrogens with zero attached hydrogens (tertiary/aromatic N) is 2. The fourth-order valence-electron chi connectivity index (χ4n) is 3.88. The molecule has 3 aromatic rings. The Morgan fingerprint density at radius 1 is 0.885 bits per heavy atom. The molecular formula is C22H22N2O2. The molecule has 0 aromatic heterocycles. The lowest BCUT2D eigenvalue weighted by molar-refractivity contribution is 0.0887. The molecule has 2 aliphatic rings. The highest BCUT2D eigenvalue weighted by Crippen LogP contribution is 2.34. The Balaban J connectivity index is 1.40. The molecule has 0 aliphatic carbocycles. The number of hydrogen-bond donors (Lipinski definition) is 0. The lowest BCUT2D eigenvalue weighted by Crippen LogP contribution is -2.31. The Bertz CT molecular complexity index is 970. The van der Waals surface area contributed by atoms with E-state index in [1.165, 1.54) is 27.5 Å². The summed E-state index contributed by atoms with van der Waals surface area (Å²) in [6.45, 7) is 4.03. The van der Waals surface area contributed by atoms with Crippen LogP contribution < -0.4 is 9.47 Å². The second-order valence-electron chi connectivity index (χ2n) is 7.27. The molecule has 0 saturated heterocycles. The first-order chi connectivity index (χ1) is 12.8. The normalized spacial score (nSPS) is 17.3. The quantitative estimate of drug-likeness (QED) is 0.701. The number of ether oxygens (including phenoxy) is 2. The highest BCUT2D eigenvalue weighted by Gasteiger charge is 2.19. The van der Waals surface area contributed by atoms with Crippen molar-refractivity contribution in [3.8, 4) is 11.5 Å². The second kappa shape index (κ2) is 6.31. The van der Waals surface area contributed by atoms with Gasteiger partial charge < -0.3 is 9.47 Å². The zero-order valence-electron chi connectivity index (χ0n) is 14.9. The Morgan fingerprint density at radius 2 is 1.81 bits per heavy atom. The predicted molar refractivity (Wildman–Crippen MR) is 102 cm³/mol. The van der Waals surface area contributed by atoms with E-state index in [9.17, 15) is 0 Å². The van der Waals surface area contributed by atoms with E-state index >= 15 is 0 Å². The lowest BCUT2D eigenvalue weighted by Gasteiger charge is -2.29. The van der Waals surface area contributed by atoms with Gasteiger partial charge in [-0.25, -0.2) is 0 Å². The van der Waals surface area contributed by atoms with E-state index in [4.69, 9.17) is 9.47 Å². The number of rotatable bonds is 2. The molecule has 132 valence electrons. The lowest BCUT2D eigenvalue weighted by atomic mass is 10.0. The van der Waals surface area contributed by atoms with Crippen molar-refractivity contribution in [1.29, 1.82) is 0 Å². The third-order valence-corrected chi connectivity index (χ3v) is 5.16. The minimum Gasteiger partial charge on any atom is -0.478 e. The molecule has 0 bridgehead atoms. The van der Waals surface area contributed by atoms with E-state index in [-0.39, 0.29) is 0 Å². The summed E-state index contributed by atoms with van der Waals surface area (Å²) in [7, 11) is 2.08. The van der Waals surface area contributed by atoms with E-state index in [2.05, 4.69) is 59.3 Å². The van der Waals surface area contributed by atoms with Crippen LogP contribution in [0.3, 0.4) is 0 Å². The second-order valence-corrected chi connectivity index (χ2v) is 7.27. The van der Waals surface area contributed by atoms with E-state index in [0.717, 1.165) is 31.1 Å². The molecule has 2 heterocycles. The van der Waals surface area contributed by atoms with Gasteiger partial charge >= 0.3 is 0 Å². The Labute approximate surface area is 153 Å². The van der Waals surface area contributed by atoms with Crippen molar-refractivity contribution >= 4 is 10.8 Å². The van der Waals surface area contributed by atoms with Crippen LogP contribution in [-0.4, -0.2) is 30.3 Å². The van der Waals surface area contributed by atoms with Crippen LogP contribution in [-0.2, 0) is 19.6 Å². The van der Waals surface area contributed by atoms with Crippen LogP contribution in [0.1, 0.15) is 16.7 Å². The Morgan fingerprint density at radius 3 is 2.77 bits per heavy atom. The highest BCUT2D eigenvalue weighted by molar-refractivity contribution is 5.90. The van der Waals surface area contributed by atoms with Crippen LogP contribution in [0.5, 0.6) is 11.5 Å². The molecule has 4 heteroatoms. The highest BCUT2D eigenvalue weighted by atomic mass is 16.5. The Kier molecular flexibility index (Phi) is 3.80. The van der Waals surface area contributed by atoms with Crippen LogP contribution in [0.15, 0.2) is 54.6 Å². The van der Waals surface area contributed by atoms with Gasteiger partial charge in [0.15, 0.2) is 0 Å². The first kappa shape index (κ1) is 15.7. The standard InChI is InChI=1S/C22H22N2O2/c1-23-12-19-8-7-17-10-16(6-9-20(17)22(19)26-14-23)11-24-13-18-4-2-3-5-21(18)25-15-24/h2-10H,11-15H2,1H3. The van der Waals surface area contributed by atoms with Gasteiger partial charge in [0.2, 0.25) is 0 Å². The van der Waals surface area contributed by atoms with Gasteiger partial charge in [0.25, 0.3) is 0 Å². The van der Waals surface area contributed by atoms with E-state index < -0.39 is 0 Å². The van der Waals surface area contributed by atoms with E-state index in [1.54, 1.807) is 0 Å². The summed E-state index contributed by atoms with van der Waals surface area (Å²) in [5.74, 6) is 2.05. The number of benzene rings is 3. The third kappa shape index (κ3) is 2.81. The minimum absolute atomic E-state index is 0.634. The third-order valence-electron chi connectivity index (χ3n) is 5.16. The molecule has 0 amide bonds. The molecule has 4 nitrogen and oxygen atoms in total. The maximum Gasteiger partial charge on any atom is 0.142 e.